The summed E-state index contributed by atoms with van der Waals surface area (Å²) in [5.41, 5.74) is 3.80. The summed E-state index contributed by atoms with van der Waals surface area (Å²) in [5.74, 6) is 0.969. The second-order valence-electron chi connectivity index (χ2n) is 5.62. The Balaban J connectivity index is 2.33. The molecule has 0 saturated heterocycles. The van der Waals surface area contributed by atoms with Gasteiger partial charge in [0.2, 0.25) is 0 Å². The van der Waals surface area contributed by atoms with Crippen molar-refractivity contribution in [2.75, 3.05) is 7.11 Å². The van der Waals surface area contributed by atoms with Gasteiger partial charge in [-0.05, 0) is 49.6 Å². The molecule has 2 rings (SSSR count). The van der Waals surface area contributed by atoms with E-state index in [1.54, 1.807) is 13.2 Å². The van der Waals surface area contributed by atoms with Gasteiger partial charge in [0.25, 0.3) is 0 Å². The Morgan fingerprint density at radius 3 is 2.35 bits per heavy atom. The highest BCUT2D eigenvalue weighted by Gasteiger charge is 2.07. The first-order valence-electron chi connectivity index (χ1n) is 7.50. The fraction of sp³-hybridized carbons (Fsp3) is 0.200. The van der Waals surface area contributed by atoms with Gasteiger partial charge in [0.05, 0.1) is 7.11 Å². The predicted octanol–water partition coefficient (Wildman–Crippen LogP) is 4.79. The maximum absolute atomic E-state index is 10.1. The van der Waals surface area contributed by atoms with Crippen molar-refractivity contribution in [3.8, 4) is 17.2 Å². The minimum absolute atomic E-state index is 0.0535. The predicted molar refractivity (Wildman–Crippen MR) is 94.8 cm³/mol. The molecule has 0 aliphatic rings. The zero-order valence-corrected chi connectivity index (χ0v) is 13.7. The maximum Gasteiger partial charge on any atom is 0.123 e. The van der Waals surface area contributed by atoms with Crippen LogP contribution in [-0.4, -0.2) is 17.3 Å². The van der Waals surface area contributed by atoms with Crippen LogP contribution >= 0.6 is 0 Å². The number of phenolic OH excluding ortho intramolecular Hbond substituents is 2. The van der Waals surface area contributed by atoms with E-state index in [-0.39, 0.29) is 11.5 Å². The number of hydrogen-bond donors (Lipinski definition) is 2. The van der Waals surface area contributed by atoms with Crippen LogP contribution in [0.25, 0.3) is 12.2 Å². The highest BCUT2D eigenvalue weighted by atomic mass is 16.5. The third kappa shape index (κ3) is 4.65. The lowest BCUT2D eigenvalue weighted by Crippen LogP contribution is -1.89. The van der Waals surface area contributed by atoms with E-state index in [0.29, 0.717) is 6.42 Å². The molecule has 0 saturated carbocycles. The van der Waals surface area contributed by atoms with Crippen LogP contribution in [0.2, 0.25) is 0 Å². The summed E-state index contributed by atoms with van der Waals surface area (Å²) in [6, 6.07) is 10.7. The van der Waals surface area contributed by atoms with Crippen molar-refractivity contribution in [1.82, 2.24) is 0 Å². The molecule has 3 heteroatoms. The minimum atomic E-state index is 0.0535. The summed E-state index contributed by atoms with van der Waals surface area (Å²) < 4.78 is 5.14. The molecule has 0 bridgehead atoms. The quantitative estimate of drug-likeness (QED) is 0.617. The molecule has 0 amide bonds. The normalized spacial score (nSPS) is 10.7. The summed E-state index contributed by atoms with van der Waals surface area (Å²) in [5, 5.41) is 19.8. The monoisotopic (exact) mass is 310 g/mol. The molecule has 0 spiro atoms. The van der Waals surface area contributed by atoms with Crippen LogP contribution in [0.15, 0.2) is 48.0 Å². The van der Waals surface area contributed by atoms with Crippen LogP contribution in [0.4, 0.5) is 0 Å². The molecule has 0 aliphatic carbocycles. The second kappa shape index (κ2) is 7.54. The molecule has 2 aromatic carbocycles. The minimum Gasteiger partial charge on any atom is -0.508 e. The van der Waals surface area contributed by atoms with E-state index in [1.165, 1.54) is 11.6 Å². The van der Waals surface area contributed by atoms with Gasteiger partial charge >= 0.3 is 0 Å². The first kappa shape index (κ1) is 16.7. The fourth-order valence-electron chi connectivity index (χ4n) is 2.24. The van der Waals surface area contributed by atoms with Crippen molar-refractivity contribution in [2.24, 2.45) is 0 Å². The van der Waals surface area contributed by atoms with Gasteiger partial charge in [-0.3, -0.25) is 0 Å². The first-order chi connectivity index (χ1) is 11.0. The zero-order valence-electron chi connectivity index (χ0n) is 13.7. The van der Waals surface area contributed by atoms with Crippen LogP contribution in [0.5, 0.6) is 17.2 Å². The number of allylic oxidation sites excluding steroid dienone is 2. The van der Waals surface area contributed by atoms with E-state index in [9.17, 15) is 10.2 Å². The number of benzene rings is 2. The van der Waals surface area contributed by atoms with E-state index in [1.807, 2.05) is 50.3 Å². The van der Waals surface area contributed by atoms with Gasteiger partial charge in [-0.1, -0.05) is 35.9 Å². The molecule has 0 unspecified atom stereocenters. The Morgan fingerprint density at radius 1 is 1.04 bits per heavy atom. The molecule has 0 radical (unpaired) electrons. The average Bonchev–Trinajstić information content (AvgIpc) is 2.52. The van der Waals surface area contributed by atoms with E-state index < -0.39 is 0 Å². The Labute approximate surface area is 137 Å². The number of hydrogen-bond acceptors (Lipinski definition) is 3. The van der Waals surface area contributed by atoms with Crippen molar-refractivity contribution in [2.45, 2.75) is 20.3 Å². The van der Waals surface area contributed by atoms with E-state index >= 15 is 0 Å². The molecular formula is C20H22O3. The van der Waals surface area contributed by atoms with Gasteiger partial charge in [-0.2, -0.15) is 0 Å². The standard InChI is InChI=1S/C20H22O3/c1-14(2)4-11-19-16(12-17(21)13-20(19)22)8-5-15-6-9-18(23-3)10-7-15/h4-10,12-13,21-22H,11H2,1-3H3/b8-5-. The summed E-state index contributed by atoms with van der Waals surface area (Å²) >= 11 is 0. The number of phenols is 2. The van der Waals surface area contributed by atoms with Crippen molar-refractivity contribution in [3.05, 3.63) is 64.7 Å². The third-order valence-corrected chi connectivity index (χ3v) is 3.53. The lowest BCUT2D eigenvalue weighted by molar-refractivity contribution is 0.415. The van der Waals surface area contributed by atoms with Crippen LogP contribution in [0.1, 0.15) is 30.5 Å². The smallest absolute Gasteiger partial charge is 0.123 e. The molecular weight excluding hydrogens is 288 g/mol. The lowest BCUT2D eigenvalue weighted by atomic mass is 10.0. The summed E-state index contributed by atoms with van der Waals surface area (Å²) in [7, 11) is 1.63. The Kier molecular flexibility index (Phi) is 5.47. The Bertz CT molecular complexity index is 721. The molecule has 2 N–H and O–H groups in total. The van der Waals surface area contributed by atoms with Gasteiger partial charge in [-0.15, -0.1) is 0 Å². The number of methoxy groups -OCH3 is 1. The van der Waals surface area contributed by atoms with Crippen LogP contribution < -0.4 is 4.74 Å². The summed E-state index contributed by atoms with van der Waals surface area (Å²) in [4.78, 5) is 0. The summed E-state index contributed by atoms with van der Waals surface area (Å²) in [6.07, 6.45) is 6.52. The first-order valence-corrected chi connectivity index (χ1v) is 7.50. The van der Waals surface area contributed by atoms with Crippen LogP contribution in [-0.2, 0) is 6.42 Å². The molecule has 3 nitrogen and oxygen atoms in total. The molecule has 2 aromatic rings. The zero-order chi connectivity index (χ0) is 16.8. The number of aromatic hydroxyl groups is 2. The van der Waals surface area contributed by atoms with Crippen LogP contribution in [0.3, 0.4) is 0 Å². The van der Waals surface area contributed by atoms with Crippen LogP contribution in [0, 0.1) is 0 Å². The Hall–Kier alpha value is -2.68. The van der Waals surface area contributed by atoms with Crippen molar-refractivity contribution < 1.29 is 14.9 Å². The van der Waals surface area contributed by atoms with Gasteiger partial charge < -0.3 is 14.9 Å². The summed E-state index contributed by atoms with van der Waals surface area (Å²) in [6.45, 7) is 4.04. The van der Waals surface area contributed by atoms with Crippen molar-refractivity contribution >= 4 is 12.2 Å². The molecule has 0 aromatic heterocycles. The number of rotatable bonds is 5. The highest BCUT2D eigenvalue weighted by molar-refractivity contribution is 5.73. The fourth-order valence-corrected chi connectivity index (χ4v) is 2.24. The van der Waals surface area contributed by atoms with Gasteiger partial charge in [0, 0.05) is 11.6 Å². The van der Waals surface area contributed by atoms with Gasteiger partial charge in [0.1, 0.15) is 17.2 Å². The van der Waals surface area contributed by atoms with E-state index in [0.717, 1.165) is 22.4 Å². The van der Waals surface area contributed by atoms with E-state index in [2.05, 4.69) is 6.08 Å². The average molecular weight is 310 g/mol. The number of ether oxygens (including phenoxy) is 1. The molecule has 0 heterocycles. The molecule has 0 atom stereocenters. The largest absolute Gasteiger partial charge is 0.508 e. The topological polar surface area (TPSA) is 49.7 Å². The van der Waals surface area contributed by atoms with Crippen molar-refractivity contribution in [1.29, 1.82) is 0 Å². The molecule has 0 fully saturated rings. The van der Waals surface area contributed by atoms with Gasteiger partial charge in [0.15, 0.2) is 0 Å². The lowest BCUT2D eigenvalue weighted by Gasteiger charge is -2.08. The Morgan fingerprint density at radius 2 is 1.74 bits per heavy atom. The van der Waals surface area contributed by atoms with E-state index in [4.69, 9.17) is 4.74 Å². The van der Waals surface area contributed by atoms with Gasteiger partial charge in [-0.25, -0.2) is 0 Å². The maximum atomic E-state index is 10.1. The molecule has 120 valence electrons. The SMILES string of the molecule is COc1ccc(/C=C\c2cc(O)cc(O)c2CC=C(C)C)cc1. The highest BCUT2D eigenvalue weighted by Crippen LogP contribution is 2.29. The third-order valence-electron chi connectivity index (χ3n) is 3.53. The second-order valence-corrected chi connectivity index (χ2v) is 5.62. The molecule has 23 heavy (non-hydrogen) atoms. The van der Waals surface area contributed by atoms with Crippen molar-refractivity contribution in [3.63, 3.8) is 0 Å². The molecule has 0 aliphatic heterocycles.